The van der Waals surface area contributed by atoms with Crippen molar-refractivity contribution >= 4 is 6.21 Å². The quantitative estimate of drug-likeness (QED) is 0.466. The Morgan fingerprint density at radius 1 is 1.11 bits per heavy atom. The first-order valence-electron chi connectivity index (χ1n) is 5.64. The van der Waals surface area contributed by atoms with Gasteiger partial charge in [-0.1, -0.05) is 30.3 Å². The lowest BCUT2D eigenvalue weighted by Crippen LogP contribution is -2.25. The molecule has 1 rings (SSSR count). The highest BCUT2D eigenvalue weighted by Crippen LogP contribution is 2.11. The highest BCUT2D eigenvalue weighted by molar-refractivity contribution is 5.79. The molecule has 5 heteroatoms. The molecule has 0 spiro atoms. The van der Waals surface area contributed by atoms with Crippen LogP contribution in [0.15, 0.2) is 46.8 Å². The Bertz CT molecular complexity index is 542. The van der Waals surface area contributed by atoms with Crippen molar-refractivity contribution in [3.05, 3.63) is 47.3 Å². The molecule has 0 aliphatic rings. The van der Waals surface area contributed by atoms with Crippen LogP contribution in [-0.2, 0) is 0 Å². The van der Waals surface area contributed by atoms with E-state index in [1.807, 2.05) is 42.5 Å². The fraction of sp³-hybridized carbons (Fsp3) is 0.214. The normalized spacial score (nSPS) is 9.53. The van der Waals surface area contributed by atoms with E-state index in [0.717, 1.165) is 5.56 Å². The molecular formula is C14H15N5. The van der Waals surface area contributed by atoms with Crippen molar-refractivity contribution in [2.75, 3.05) is 21.1 Å². The van der Waals surface area contributed by atoms with Gasteiger partial charge < -0.3 is 4.90 Å². The van der Waals surface area contributed by atoms with Crippen molar-refractivity contribution in [3.8, 4) is 12.1 Å². The zero-order valence-corrected chi connectivity index (χ0v) is 11.2. The highest BCUT2D eigenvalue weighted by Gasteiger charge is 2.12. The van der Waals surface area contributed by atoms with Crippen molar-refractivity contribution in [2.24, 2.45) is 5.10 Å². The van der Waals surface area contributed by atoms with Gasteiger partial charge in [-0.2, -0.15) is 15.6 Å². The van der Waals surface area contributed by atoms with Gasteiger partial charge in [-0.15, -0.1) is 0 Å². The standard InChI is InChI=1S/C14H15N5/c1-18(2)14(13(9-15)10-16)19(3)17-11-12-7-5-4-6-8-12/h4-8,11H,1-3H3. The van der Waals surface area contributed by atoms with E-state index in [-0.39, 0.29) is 5.57 Å². The van der Waals surface area contributed by atoms with Crippen LogP contribution in [0.3, 0.4) is 0 Å². The molecule has 0 aliphatic heterocycles. The Kier molecular flexibility index (Phi) is 5.13. The summed E-state index contributed by atoms with van der Waals surface area (Å²) in [5.74, 6) is 0.456. The van der Waals surface area contributed by atoms with E-state index in [2.05, 4.69) is 5.10 Å². The van der Waals surface area contributed by atoms with Gasteiger partial charge >= 0.3 is 0 Å². The van der Waals surface area contributed by atoms with E-state index in [9.17, 15) is 0 Å². The molecule has 0 amide bonds. The Morgan fingerprint density at radius 3 is 2.16 bits per heavy atom. The Balaban J connectivity index is 3.02. The minimum absolute atomic E-state index is 0.0257. The van der Waals surface area contributed by atoms with E-state index in [0.29, 0.717) is 5.82 Å². The van der Waals surface area contributed by atoms with E-state index in [4.69, 9.17) is 10.5 Å². The van der Waals surface area contributed by atoms with Crippen LogP contribution >= 0.6 is 0 Å². The molecule has 1 aromatic carbocycles. The van der Waals surface area contributed by atoms with Crippen LogP contribution in [-0.4, -0.2) is 37.3 Å². The second-order valence-corrected chi connectivity index (χ2v) is 4.00. The van der Waals surface area contributed by atoms with Crippen LogP contribution in [0.5, 0.6) is 0 Å². The fourth-order valence-corrected chi connectivity index (χ4v) is 1.55. The number of allylic oxidation sites excluding steroid dienone is 1. The molecule has 0 bridgehead atoms. The second kappa shape index (κ2) is 6.83. The van der Waals surface area contributed by atoms with E-state index in [1.54, 1.807) is 32.3 Å². The lowest BCUT2D eigenvalue weighted by molar-refractivity contribution is 0.310. The lowest BCUT2D eigenvalue weighted by atomic mass is 10.2. The monoisotopic (exact) mass is 253 g/mol. The minimum atomic E-state index is 0.0257. The summed E-state index contributed by atoms with van der Waals surface area (Å²) in [5.41, 5.74) is 0.973. The van der Waals surface area contributed by atoms with Crippen molar-refractivity contribution in [1.82, 2.24) is 9.91 Å². The van der Waals surface area contributed by atoms with Crippen molar-refractivity contribution in [1.29, 1.82) is 10.5 Å². The van der Waals surface area contributed by atoms with Crippen molar-refractivity contribution in [3.63, 3.8) is 0 Å². The molecule has 1 aromatic rings. The van der Waals surface area contributed by atoms with Crippen LogP contribution < -0.4 is 0 Å². The molecule has 0 atom stereocenters. The number of nitriles is 2. The van der Waals surface area contributed by atoms with E-state index >= 15 is 0 Å². The summed E-state index contributed by atoms with van der Waals surface area (Å²) in [6.45, 7) is 0. The zero-order valence-electron chi connectivity index (χ0n) is 11.2. The summed E-state index contributed by atoms with van der Waals surface area (Å²) >= 11 is 0. The van der Waals surface area contributed by atoms with Gasteiger partial charge in [0.25, 0.3) is 0 Å². The third-order valence-electron chi connectivity index (χ3n) is 2.36. The first-order chi connectivity index (χ1) is 9.10. The van der Waals surface area contributed by atoms with Crippen LogP contribution in [0.4, 0.5) is 0 Å². The van der Waals surface area contributed by atoms with Crippen LogP contribution in [0, 0.1) is 22.7 Å². The molecule has 19 heavy (non-hydrogen) atoms. The predicted molar refractivity (Wildman–Crippen MR) is 73.7 cm³/mol. The summed E-state index contributed by atoms with van der Waals surface area (Å²) in [7, 11) is 5.22. The number of hydrazone groups is 1. The molecule has 0 heterocycles. The highest BCUT2D eigenvalue weighted by atomic mass is 15.5. The number of hydrogen-bond acceptors (Lipinski definition) is 5. The largest absolute Gasteiger partial charge is 0.361 e. The molecule has 0 aromatic heterocycles. The fourth-order valence-electron chi connectivity index (χ4n) is 1.55. The topological polar surface area (TPSA) is 66.4 Å². The van der Waals surface area contributed by atoms with Gasteiger partial charge in [-0.3, -0.25) is 5.01 Å². The second-order valence-electron chi connectivity index (χ2n) is 4.00. The summed E-state index contributed by atoms with van der Waals surface area (Å²) in [5, 5.41) is 23.6. The first-order valence-corrected chi connectivity index (χ1v) is 5.64. The third-order valence-corrected chi connectivity index (χ3v) is 2.36. The minimum Gasteiger partial charge on any atom is -0.361 e. The molecule has 0 unspecified atom stereocenters. The number of benzene rings is 1. The van der Waals surface area contributed by atoms with Crippen LogP contribution in [0.1, 0.15) is 5.56 Å². The number of nitrogens with zero attached hydrogens (tertiary/aromatic N) is 5. The molecule has 5 nitrogen and oxygen atoms in total. The van der Waals surface area contributed by atoms with Gasteiger partial charge in [-0.25, -0.2) is 0 Å². The van der Waals surface area contributed by atoms with Gasteiger partial charge in [0, 0.05) is 21.1 Å². The molecule has 0 saturated heterocycles. The van der Waals surface area contributed by atoms with Gasteiger partial charge in [-0.05, 0) is 5.56 Å². The van der Waals surface area contributed by atoms with Crippen molar-refractivity contribution < 1.29 is 0 Å². The Labute approximate surface area is 113 Å². The molecule has 0 aliphatic carbocycles. The number of rotatable bonds is 4. The summed E-state index contributed by atoms with van der Waals surface area (Å²) in [4.78, 5) is 1.68. The molecule has 96 valence electrons. The van der Waals surface area contributed by atoms with E-state index in [1.165, 1.54) is 5.01 Å². The Morgan fingerprint density at radius 2 is 1.68 bits per heavy atom. The molecule has 0 radical (unpaired) electrons. The smallest absolute Gasteiger partial charge is 0.171 e. The maximum Gasteiger partial charge on any atom is 0.171 e. The summed E-state index contributed by atoms with van der Waals surface area (Å²) in [6, 6.07) is 13.4. The first kappa shape index (κ1) is 14.3. The molecule has 0 saturated carbocycles. The van der Waals surface area contributed by atoms with Crippen molar-refractivity contribution in [2.45, 2.75) is 0 Å². The SMILES string of the molecule is CN(C)C(=C(C#N)C#N)N(C)N=Cc1ccccc1. The number of hydrogen-bond donors (Lipinski definition) is 0. The maximum absolute atomic E-state index is 8.94. The third kappa shape index (κ3) is 3.86. The van der Waals surface area contributed by atoms with Crippen LogP contribution in [0.2, 0.25) is 0 Å². The maximum atomic E-state index is 8.94. The zero-order chi connectivity index (χ0) is 14.3. The predicted octanol–water partition coefficient (Wildman–Crippen LogP) is 1.77. The molecular weight excluding hydrogens is 238 g/mol. The summed E-state index contributed by atoms with van der Waals surface area (Å²) in [6.07, 6.45) is 1.68. The van der Waals surface area contributed by atoms with Gasteiger partial charge in [0.05, 0.1) is 6.21 Å². The van der Waals surface area contributed by atoms with Crippen LogP contribution in [0.25, 0.3) is 0 Å². The average molecular weight is 253 g/mol. The Hall–Kier alpha value is -2.79. The molecule has 0 N–H and O–H groups in total. The molecule has 0 fully saturated rings. The van der Waals surface area contributed by atoms with E-state index < -0.39 is 0 Å². The van der Waals surface area contributed by atoms with Gasteiger partial charge in [0.1, 0.15) is 12.1 Å². The van der Waals surface area contributed by atoms with Gasteiger partial charge in [0.2, 0.25) is 0 Å². The van der Waals surface area contributed by atoms with Gasteiger partial charge in [0.15, 0.2) is 11.4 Å². The summed E-state index contributed by atoms with van der Waals surface area (Å²) < 4.78 is 0. The lowest BCUT2D eigenvalue weighted by Gasteiger charge is -2.23. The average Bonchev–Trinajstić information content (AvgIpc) is 2.42.